The highest BCUT2D eigenvalue weighted by molar-refractivity contribution is 7.10. The topological polar surface area (TPSA) is 12.0 Å². The van der Waals surface area contributed by atoms with Gasteiger partial charge in [0, 0.05) is 17.5 Å². The van der Waals surface area contributed by atoms with Crippen LogP contribution in [0.25, 0.3) is 0 Å². The summed E-state index contributed by atoms with van der Waals surface area (Å²) in [6.07, 6.45) is 9.72. The van der Waals surface area contributed by atoms with Gasteiger partial charge in [-0.2, -0.15) is 0 Å². The Kier molecular flexibility index (Phi) is 3.27. The van der Waals surface area contributed by atoms with Crippen LogP contribution >= 0.6 is 11.3 Å². The number of fused-ring (bicyclic) bond motifs is 1. The fraction of sp³-hybridized carbons (Fsp3) is 0.733. The predicted molar refractivity (Wildman–Crippen MR) is 74.6 cm³/mol. The van der Waals surface area contributed by atoms with Gasteiger partial charge in [-0.3, -0.25) is 0 Å². The van der Waals surface area contributed by atoms with Crippen molar-refractivity contribution < 1.29 is 0 Å². The third-order valence-electron chi connectivity index (χ3n) is 4.64. The fourth-order valence-electron chi connectivity index (χ4n) is 3.47. The molecule has 0 spiro atoms. The van der Waals surface area contributed by atoms with E-state index in [1.807, 2.05) is 11.3 Å². The molecule has 0 saturated heterocycles. The molecule has 1 unspecified atom stereocenters. The number of thiophene rings is 1. The Labute approximate surface area is 109 Å². The maximum atomic E-state index is 3.85. The van der Waals surface area contributed by atoms with E-state index in [0.717, 1.165) is 0 Å². The second-order valence-electron chi connectivity index (χ2n) is 6.14. The van der Waals surface area contributed by atoms with Crippen molar-refractivity contribution in [1.82, 2.24) is 5.32 Å². The van der Waals surface area contributed by atoms with E-state index in [4.69, 9.17) is 0 Å². The van der Waals surface area contributed by atoms with Crippen molar-refractivity contribution in [2.75, 3.05) is 6.54 Å². The van der Waals surface area contributed by atoms with Gasteiger partial charge in [-0.05, 0) is 54.5 Å². The van der Waals surface area contributed by atoms with Gasteiger partial charge in [0.05, 0.1) is 0 Å². The van der Waals surface area contributed by atoms with Crippen LogP contribution < -0.4 is 5.32 Å². The number of hydrogen-bond donors (Lipinski definition) is 1. The van der Waals surface area contributed by atoms with E-state index in [-0.39, 0.29) is 0 Å². The van der Waals surface area contributed by atoms with E-state index in [9.17, 15) is 0 Å². The van der Waals surface area contributed by atoms with Gasteiger partial charge < -0.3 is 5.32 Å². The molecule has 1 fully saturated rings. The second-order valence-corrected chi connectivity index (χ2v) is 7.14. The van der Waals surface area contributed by atoms with Crippen LogP contribution in [-0.2, 0) is 6.42 Å². The SMILES string of the molecule is CC1(CNC2CCCc3sccc32)CCCC1. The van der Waals surface area contributed by atoms with Crippen LogP contribution in [0.4, 0.5) is 0 Å². The van der Waals surface area contributed by atoms with Gasteiger partial charge in [-0.25, -0.2) is 0 Å². The Balaban J connectivity index is 1.63. The molecule has 1 atom stereocenters. The molecule has 3 rings (SSSR count). The van der Waals surface area contributed by atoms with Crippen LogP contribution in [0.15, 0.2) is 11.4 Å². The van der Waals surface area contributed by atoms with Crippen molar-refractivity contribution >= 4 is 11.3 Å². The highest BCUT2D eigenvalue weighted by Gasteiger charge is 2.30. The van der Waals surface area contributed by atoms with E-state index in [1.54, 1.807) is 10.4 Å². The Bertz CT molecular complexity index is 376. The summed E-state index contributed by atoms with van der Waals surface area (Å²) < 4.78 is 0. The van der Waals surface area contributed by atoms with Crippen LogP contribution in [0, 0.1) is 5.41 Å². The molecule has 0 aliphatic heterocycles. The maximum Gasteiger partial charge on any atom is 0.0331 e. The highest BCUT2D eigenvalue weighted by Crippen LogP contribution is 2.39. The normalized spacial score (nSPS) is 27.0. The molecule has 0 radical (unpaired) electrons. The van der Waals surface area contributed by atoms with Crippen molar-refractivity contribution in [3.63, 3.8) is 0 Å². The average Bonchev–Trinajstić information content (AvgIpc) is 2.95. The summed E-state index contributed by atoms with van der Waals surface area (Å²) in [5.41, 5.74) is 2.18. The minimum absolute atomic E-state index is 0.577. The van der Waals surface area contributed by atoms with Crippen LogP contribution in [0.2, 0.25) is 0 Å². The van der Waals surface area contributed by atoms with Crippen molar-refractivity contribution in [2.24, 2.45) is 5.41 Å². The third kappa shape index (κ3) is 2.43. The predicted octanol–water partition coefficient (Wildman–Crippen LogP) is 4.30. The smallest absolute Gasteiger partial charge is 0.0331 e. The number of aryl methyl sites for hydroxylation is 1. The van der Waals surface area contributed by atoms with Gasteiger partial charge >= 0.3 is 0 Å². The zero-order valence-electron chi connectivity index (χ0n) is 10.8. The molecule has 2 heteroatoms. The molecule has 0 aromatic carbocycles. The van der Waals surface area contributed by atoms with E-state index in [1.165, 1.54) is 51.5 Å². The summed E-state index contributed by atoms with van der Waals surface area (Å²) in [6, 6.07) is 2.98. The Hall–Kier alpha value is -0.340. The fourth-order valence-corrected chi connectivity index (χ4v) is 4.46. The lowest BCUT2D eigenvalue weighted by atomic mass is 9.87. The molecular weight excluding hydrogens is 226 g/mol. The standard InChI is InChI=1S/C15H23NS/c1-15(8-2-3-9-15)11-16-13-5-4-6-14-12(13)7-10-17-14/h7,10,13,16H,2-6,8-9,11H2,1H3. The summed E-state index contributed by atoms with van der Waals surface area (Å²) in [5.74, 6) is 0. The van der Waals surface area contributed by atoms with Gasteiger partial charge in [0.2, 0.25) is 0 Å². The minimum Gasteiger partial charge on any atom is -0.309 e. The molecule has 2 aliphatic carbocycles. The van der Waals surface area contributed by atoms with Crippen LogP contribution in [0.1, 0.15) is 61.9 Å². The molecule has 2 aliphatic rings. The highest BCUT2D eigenvalue weighted by atomic mass is 32.1. The lowest BCUT2D eigenvalue weighted by Gasteiger charge is -2.30. The third-order valence-corrected chi connectivity index (χ3v) is 5.63. The van der Waals surface area contributed by atoms with Gasteiger partial charge in [0.15, 0.2) is 0 Å². The largest absolute Gasteiger partial charge is 0.309 e. The zero-order chi connectivity index (χ0) is 11.7. The van der Waals surface area contributed by atoms with Gasteiger partial charge in [-0.1, -0.05) is 19.8 Å². The Morgan fingerprint density at radius 3 is 3.00 bits per heavy atom. The van der Waals surface area contributed by atoms with E-state index >= 15 is 0 Å². The van der Waals surface area contributed by atoms with Crippen LogP contribution in [0.3, 0.4) is 0 Å². The van der Waals surface area contributed by atoms with Crippen molar-refractivity contribution in [3.05, 3.63) is 21.9 Å². The molecule has 1 nitrogen and oxygen atoms in total. The summed E-state index contributed by atoms with van der Waals surface area (Å²) in [6.45, 7) is 3.68. The molecule has 17 heavy (non-hydrogen) atoms. The molecular formula is C15H23NS. The first-order chi connectivity index (χ1) is 8.27. The van der Waals surface area contributed by atoms with E-state index in [0.29, 0.717) is 11.5 Å². The van der Waals surface area contributed by atoms with Crippen molar-refractivity contribution in [2.45, 2.75) is 57.9 Å². The summed E-state index contributed by atoms with van der Waals surface area (Å²) in [7, 11) is 0. The molecule has 94 valence electrons. The number of rotatable bonds is 3. The lowest BCUT2D eigenvalue weighted by molar-refractivity contribution is 0.289. The van der Waals surface area contributed by atoms with E-state index in [2.05, 4.69) is 23.7 Å². The van der Waals surface area contributed by atoms with Crippen LogP contribution in [0.5, 0.6) is 0 Å². The molecule has 1 aromatic heterocycles. The quantitative estimate of drug-likeness (QED) is 0.842. The van der Waals surface area contributed by atoms with Crippen molar-refractivity contribution in [3.8, 4) is 0 Å². The molecule has 0 amide bonds. The Morgan fingerprint density at radius 1 is 1.35 bits per heavy atom. The molecule has 1 aromatic rings. The minimum atomic E-state index is 0.577. The molecule has 1 saturated carbocycles. The monoisotopic (exact) mass is 249 g/mol. The second kappa shape index (κ2) is 4.74. The first-order valence-corrected chi connectivity index (χ1v) is 7.94. The molecule has 1 N–H and O–H groups in total. The summed E-state index contributed by atoms with van der Waals surface area (Å²) in [5, 5.41) is 6.12. The summed E-state index contributed by atoms with van der Waals surface area (Å²) >= 11 is 1.95. The lowest BCUT2D eigenvalue weighted by Crippen LogP contribution is -2.33. The van der Waals surface area contributed by atoms with E-state index < -0.39 is 0 Å². The first-order valence-electron chi connectivity index (χ1n) is 7.07. The molecule has 1 heterocycles. The average molecular weight is 249 g/mol. The maximum absolute atomic E-state index is 3.85. The van der Waals surface area contributed by atoms with Crippen molar-refractivity contribution in [1.29, 1.82) is 0 Å². The number of nitrogens with one attached hydrogen (secondary N) is 1. The first kappa shape index (κ1) is 11.7. The van der Waals surface area contributed by atoms with Gasteiger partial charge in [-0.15, -0.1) is 11.3 Å². The van der Waals surface area contributed by atoms with Gasteiger partial charge in [0.1, 0.15) is 0 Å². The zero-order valence-corrected chi connectivity index (χ0v) is 11.6. The van der Waals surface area contributed by atoms with Gasteiger partial charge in [0.25, 0.3) is 0 Å². The Morgan fingerprint density at radius 2 is 2.18 bits per heavy atom. The van der Waals surface area contributed by atoms with Crippen LogP contribution in [-0.4, -0.2) is 6.54 Å². The number of hydrogen-bond acceptors (Lipinski definition) is 2. The summed E-state index contributed by atoms with van der Waals surface area (Å²) in [4.78, 5) is 1.63. The molecule has 0 bridgehead atoms.